The number of carbonyl (C=O) groups is 1. The zero-order chi connectivity index (χ0) is 20.7. The van der Waals surface area contributed by atoms with Gasteiger partial charge in [0.05, 0.1) is 5.69 Å². The largest absolute Gasteiger partial charge is 0.383 e. The number of carbonyl (C=O) groups excluding carboxylic acids is 1. The lowest BCUT2D eigenvalue weighted by Gasteiger charge is -2.12. The molecule has 1 aromatic heterocycles. The van der Waals surface area contributed by atoms with Crippen molar-refractivity contribution in [3.05, 3.63) is 56.5 Å². The Labute approximate surface area is 162 Å². The maximum absolute atomic E-state index is 13.9. The molecule has 2 rings (SSSR count). The summed E-state index contributed by atoms with van der Waals surface area (Å²) in [5.41, 5.74) is -0.00460. The van der Waals surface area contributed by atoms with Gasteiger partial charge in [0.25, 0.3) is 5.56 Å². The first-order chi connectivity index (χ1) is 13.3. The van der Waals surface area contributed by atoms with Crippen molar-refractivity contribution in [1.29, 1.82) is 0 Å². The Balaban J connectivity index is 1.66. The first kappa shape index (κ1) is 21.4. The number of benzene rings is 1. The molecule has 0 radical (unpaired) electrons. The SMILES string of the molecule is CC(=O)c1ccc(NCCCNCCNc2cc(=O)n(C)c(=O)n2C)c(F)c1. The first-order valence-electron chi connectivity index (χ1n) is 9.07. The Kier molecular flexibility index (Phi) is 7.51. The third kappa shape index (κ3) is 5.53. The third-order valence-electron chi connectivity index (χ3n) is 4.36. The molecule has 0 aliphatic carbocycles. The number of hydrogen-bond donors (Lipinski definition) is 3. The van der Waals surface area contributed by atoms with Crippen LogP contribution in [-0.2, 0) is 14.1 Å². The molecule has 0 fully saturated rings. The molecule has 0 atom stereocenters. The van der Waals surface area contributed by atoms with Gasteiger partial charge >= 0.3 is 5.69 Å². The Bertz CT molecular complexity index is 952. The highest BCUT2D eigenvalue weighted by Gasteiger charge is 2.06. The van der Waals surface area contributed by atoms with Crippen LogP contribution in [0.3, 0.4) is 0 Å². The highest BCUT2D eigenvalue weighted by molar-refractivity contribution is 5.94. The van der Waals surface area contributed by atoms with Crippen molar-refractivity contribution in [2.75, 3.05) is 36.8 Å². The zero-order valence-corrected chi connectivity index (χ0v) is 16.3. The summed E-state index contributed by atoms with van der Waals surface area (Å²) in [7, 11) is 3.04. The average Bonchev–Trinajstić information content (AvgIpc) is 2.66. The molecule has 0 saturated carbocycles. The van der Waals surface area contributed by atoms with Crippen LogP contribution in [0.2, 0.25) is 0 Å². The molecule has 2 aromatic rings. The number of halogens is 1. The second-order valence-electron chi connectivity index (χ2n) is 6.48. The van der Waals surface area contributed by atoms with Gasteiger partial charge in [-0.2, -0.15) is 0 Å². The van der Waals surface area contributed by atoms with Crippen molar-refractivity contribution in [1.82, 2.24) is 14.5 Å². The van der Waals surface area contributed by atoms with Crippen LogP contribution in [0, 0.1) is 5.82 Å². The van der Waals surface area contributed by atoms with Crippen LogP contribution >= 0.6 is 0 Å². The van der Waals surface area contributed by atoms with E-state index in [-0.39, 0.29) is 17.0 Å². The second-order valence-corrected chi connectivity index (χ2v) is 6.48. The lowest BCUT2D eigenvalue weighted by atomic mass is 10.1. The van der Waals surface area contributed by atoms with Crippen LogP contribution in [0.1, 0.15) is 23.7 Å². The molecule has 152 valence electrons. The van der Waals surface area contributed by atoms with E-state index in [9.17, 15) is 18.8 Å². The van der Waals surface area contributed by atoms with Crippen LogP contribution in [-0.4, -0.2) is 41.1 Å². The van der Waals surface area contributed by atoms with Gasteiger partial charge < -0.3 is 16.0 Å². The van der Waals surface area contributed by atoms with Gasteiger partial charge in [-0.15, -0.1) is 0 Å². The van der Waals surface area contributed by atoms with Gasteiger partial charge in [0, 0.05) is 45.4 Å². The Hall–Kier alpha value is -2.94. The summed E-state index contributed by atoms with van der Waals surface area (Å²) in [4.78, 5) is 34.7. The number of rotatable bonds is 10. The van der Waals surface area contributed by atoms with Crippen LogP contribution in [0.5, 0.6) is 0 Å². The predicted molar refractivity (Wildman–Crippen MR) is 108 cm³/mol. The smallest absolute Gasteiger partial charge is 0.332 e. The molecule has 1 heterocycles. The number of nitrogens with one attached hydrogen (secondary N) is 3. The quantitative estimate of drug-likeness (QED) is 0.412. The summed E-state index contributed by atoms with van der Waals surface area (Å²) in [5, 5.41) is 9.29. The minimum Gasteiger partial charge on any atom is -0.383 e. The average molecular weight is 391 g/mol. The molecule has 8 nitrogen and oxygen atoms in total. The number of hydrogen-bond acceptors (Lipinski definition) is 6. The van der Waals surface area contributed by atoms with E-state index < -0.39 is 5.82 Å². The van der Waals surface area contributed by atoms with Crippen LogP contribution in [0.4, 0.5) is 15.9 Å². The van der Waals surface area contributed by atoms with E-state index in [4.69, 9.17) is 0 Å². The molecule has 0 aliphatic rings. The standard InChI is InChI=1S/C19H26FN5O3/c1-13(26)14-5-6-16(15(20)11-14)22-8-4-7-21-9-10-23-17-12-18(27)25(3)19(28)24(17)2/h5-6,11-12,21-23H,4,7-10H2,1-3H3. The molecule has 1 aromatic carbocycles. The fraction of sp³-hybridized carbons (Fsp3) is 0.421. The number of Topliss-reactive ketones (excluding diaryl/α,β-unsaturated/α-hetero) is 1. The van der Waals surface area contributed by atoms with Crippen molar-refractivity contribution in [3.8, 4) is 0 Å². The number of anilines is 2. The van der Waals surface area contributed by atoms with E-state index in [0.717, 1.165) is 17.5 Å². The minimum atomic E-state index is -0.440. The summed E-state index contributed by atoms with van der Waals surface area (Å²) in [5.74, 6) is -0.135. The van der Waals surface area contributed by atoms with Gasteiger partial charge in [-0.25, -0.2) is 9.18 Å². The highest BCUT2D eigenvalue weighted by Crippen LogP contribution is 2.16. The fourth-order valence-electron chi connectivity index (χ4n) is 2.62. The normalized spacial score (nSPS) is 10.7. The first-order valence-corrected chi connectivity index (χ1v) is 9.07. The van der Waals surface area contributed by atoms with E-state index in [0.29, 0.717) is 36.7 Å². The fourth-order valence-corrected chi connectivity index (χ4v) is 2.62. The monoisotopic (exact) mass is 391 g/mol. The number of nitrogens with zero attached hydrogens (tertiary/aromatic N) is 2. The van der Waals surface area contributed by atoms with Gasteiger partial charge in [0.1, 0.15) is 11.6 Å². The molecule has 9 heteroatoms. The maximum atomic E-state index is 13.9. The van der Waals surface area contributed by atoms with Gasteiger partial charge in [-0.1, -0.05) is 0 Å². The van der Waals surface area contributed by atoms with E-state index in [1.165, 1.54) is 30.7 Å². The van der Waals surface area contributed by atoms with Crippen molar-refractivity contribution >= 4 is 17.3 Å². The van der Waals surface area contributed by atoms with Crippen LogP contribution < -0.4 is 27.2 Å². The lowest BCUT2D eigenvalue weighted by Crippen LogP contribution is -2.38. The predicted octanol–water partition coefficient (Wildman–Crippen LogP) is 0.929. The van der Waals surface area contributed by atoms with E-state index in [2.05, 4.69) is 16.0 Å². The van der Waals surface area contributed by atoms with Crippen LogP contribution in [0.25, 0.3) is 0 Å². The molecular formula is C19H26FN5O3. The second kappa shape index (κ2) is 9.84. The Morgan fingerprint density at radius 1 is 1.00 bits per heavy atom. The van der Waals surface area contributed by atoms with Crippen molar-refractivity contribution in [2.24, 2.45) is 14.1 Å². The maximum Gasteiger partial charge on any atom is 0.332 e. The minimum absolute atomic E-state index is 0.167. The molecule has 0 unspecified atom stereocenters. The van der Waals surface area contributed by atoms with Crippen molar-refractivity contribution in [3.63, 3.8) is 0 Å². The van der Waals surface area contributed by atoms with E-state index in [1.807, 2.05) is 0 Å². The molecule has 28 heavy (non-hydrogen) atoms. The zero-order valence-electron chi connectivity index (χ0n) is 16.3. The van der Waals surface area contributed by atoms with Crippen molar-refractivity contribution < 1.29 is 9.18 Å². The molecule has 0 saturated heterocycles. The van der Waals surface area contributed by atoms with Crippen molar-refractivity contribution in [2.45, 2.75) is 13.3 Å². The van der Waals surface area contributed by atoms with E-state index >= 15 is 0 Å². The lowest BCUT2D eigenvalue weighted by molar-refractivity contribution is 0.101. The van der Waals surface area contributed by atoms with E-state index in [1.54, 1.807) is 19.2 Å². The Morgan fingerprint density at radius 2 is 1.75 bits per heavy atom. The summed E-state index contributed by atoms with van der Waals surface area (Å²) < 4.78 is 16.3. The molecule has 0 spiro atoms. The van der Waals surface area contributed by atoms with Gasteiger partial charge in [0.2, 0.25) is 0 Å². The topological polar surface area (TPSA) is 97.2 Å². The van der Waals surface area contributed by atoms with Crippen LogP contribution in [0.15, 0.2) is 33.9 Å². The molecule has 3 N–H and O–H groups in total. The summed E-state index contributed by atoms with van der Waals surface area (Å²) in [6, 6.07) is 5.79. The number of aromatic nitrogens is 2. The summed E-state index contributed by atoms with van der Waals surface area (Å²) >= 11 is 0. The molecular weight excluding hydrogens is 365 g/mol. The van der Waals surface area contributed by atoms with Gasteiger partial charge in [-0.05, 0) is 38.1 Å². The van der Waals surface area contributed by atoms with Gasteiger partial charge in [0.15, 0.2) is 5.78 Å². The summed E-state index contributed by atoms with van der Waals surface area (Å²) in [6.45, 7) is 3.90. The molecule has 0 aliphatic heterocycles. The molecule has 0 bridgehead atoms. The summed E-state index contributed by atoms with van der Waals surface area (Å²) in [6.07, 6.45) is 0.776. The Morgan fingerprint density at radius 3 is 2.43 bits per heavy atom. The third-order valence-corrected chi connectivity index (χ3v) is 4.36. The number of ketones is 1. The van der Waals surface area contributed by atoms with Gasteiger partial charge in [-0.3, -0.25) is 18.7 Å². The molecule has 0 amide bonds. The highest BCUT2D eigenvalue weighted by atomic mass is 19.1.